The Morgan fingerprint density at radius 2 is 0.923 bits per heavy atom. The Balaban J connectivity index is 0.00000177. The zero-order valence-corrected chi connectivity index (χ0v) is 17.6. The second-order valence-corrected chi connectivity index (χ2v) is 7.94. The Hall–Kier alpha value is -1.30. The van der Waals surface area contributed by atoms with E-state index in [2.05, 4.69) is 62.4 Å². The third-order valence-electron chi connectivity index (χ3n) is 6.35. The fraction of sp³-hybridized carbons (Fsp3) is 0.615. The molecule has 2 saturated carbocycles. The molecule has 0 heteroatoms. The molecule has 0 saturated heterocycles. The molecule has 0 heterocycles. The molecule has 2 fully saturated rings. The maximum Gasteiger partial charge on any atom is 0 e. The molecule has 0 aromatic heterocycles. The van der Waals surface area contributed by atoms with Crippen molar-refractivity contribution in [3.05, 3.63) is 59.7 Å². The average molecular weight is 357 g/mol. The van der Waals surface area contributed by atoms with Crippen LogP contribution in [0, 0.1) is 11.8 Å². The van der Waals surface area contributed by atoms with E-state index in [-0.39, 0.29) is 2.85 Å². The highest BCUT2D eigenvalue weighted by Crippen LogP contribution is 2.39. The molecular weight excluding hydrogens is 312 g/mol. The maximum absolute atomic E-state index is 2.44. The summed E-state index contributed by atoms with van der Waals surface area (Å²) < 4.78 is 0. The summed E-state index contributed by atoms with van der Waals surface area (Å²) >= 11 is 0. The summed E-state index contributed by atoms with van der Waals surface area (Å²) in [6, 6.07) is 9.75. The summed E-state index contributed by atoms with van der Waals surface area (Å²) in [6.45, 7) is 8.30. The average Bonchev–Trinajstić information content (AvgIpc) is 2.71. The molecule has 0 amide bonds. The molecule has 0 spiro atoms. The smallest absolute Gasteiger partial charge is 0 e. The lowest BCUT2D eigenvalue weighted by atomic mass is 9.76. The fourth-order valence-corrected chi connectivity index (χ4v) is 4.87. The summed E-state index contributed by atoms with van der Waals surface area (Å²) in [5.41, 5.74) is 3.17. The van der Waals surface area contributed by atoms with Gasteiger partial charge in [0.1, 0.15) is 0 Å². The molecule has 0 bridgehead atoms. The van der Waals surface area contributed by atoms with Crippen LogP contribution >= 0.6 is 0 Å². The molecule has 0 unspecified atom stereocenters. The second-order valence-electron chi connectivity index (χ2n) is 7.94. The van der Waals surface area contributed by atoms with Crippen molar-refractivity contribution >= 4 is 0 Å². The quantitative estimate of drug-likeness (QED) is 0.472. The van der Waals surface area contributed by atoms with Gasteiger partial charge >= 0.3 is 0 Å². The van der Waals surface area contributed by atoms with Gasteiger partial charge in [-0.3, -0.25) is 0 Å². The van der Waals surface area contributed by atoms with Gasteiger partial charge in [-0.1, -0.05) is 62.4 Å². The van der Waals surface area contributed by atoms with Crippen LogP contribution in [0.4, 0.5) is 0 Å². The van der Waals surface area contributed by atoms with Crippen LogP contribution in [0.2, 0.25) is 0 Å². The van der Waals surface area contributed by atoms with Crippen LogP contribution in [0.15, 0.2) is 48.6 Å². The van der Waals surface area contributed by atoms with Crippen molar-refractivity contribution in [3.63, 3.8) is 0 Å². The van der Waals surface area contributed by atoms with Gasteiger partial charge in [0.05, 0.1) is 0 Å². The number of hydrogen-bond acceptors (Lipinski definition) is 0. The van der Waals surface area contributed by atoms with E-state index in [0.717, 1.165) is 23.7 Å². The van der Waals surface area contributed by atoms with Crippen LogP contribution in [0.1, 0.15) is 105 Å². The van der Waals surface area contributed by atoms with Crippen molar-refractivity contribution in [1.29, 1.82) is 0 Å². The molecule has 1 aromatic rings. The summed E-state index contributed by atoms with van der Waals surface area (Å²) in [5.74, 6) is 3.26. The Morgan fingerprint density at radius 1 is 0.615 bits per heavy atom. The molecule has 0 radical (unpaired) electrons. The first-order chi connectivity index (χ1) is 12.8. The molecule has 2 aliphatic rings. The lowest BCUT2D eigenvalue weighted by Crippen LogP contribution is -2.13. The van der Waals surface area contributed by atoms with Crippen molar-refractivity contribution < 1.29 is 2.85 Å². The highest BCUT2D eigenvalue weighted by molar-refractivity contribution is 5.28. The van der Waals surface area contributed by atoms with Gasteiger partial charge in [0.25, 0.3) is 0 Å². The summed E-state index contributed by atoms with van der Waals surface area (Å²) in [6.07, 6.45) is 20.2. The Labute approximate surface area is 165 Å². The predicted molar refractivity (Wildman–Crippen MR) is 121 cm³/mol. The molecular formula is C26H44. The monoisotopic (exact) mass is 356 g/mol. The van der Waals surface area contributed by atoms with Gasteiger partial charge in [0.2, 0.25) is 0 Å². The van der Waals surface area contributed by atoms with Crippen molar-refractivity contribution in [2.45, 2.75) is 90.9 Å². The summed E-state index contributed by atoms with van der Waals surface area (Å²) in [7, 11) is 0. The predicted octanol–water partition coefficient (Wildman–Crippen LogP) is 8.90. The van der Waals surface area contributed by atoms with Crippen molar-refractivity contribution in [2.24, 2.45) is 11.8 Å². The molecule has 0 atom stereocenters. The van der Waals surface area contributed by atoms with E-state index in [1.54, 1.807) is 11.1 Å². The lowest BCUT2D eigenvalue weighted by molar-refractivity contribution is 0.372. The van der Waals surface area contributed by atoms with E-state index in [0.29, 0.717) is 0 Å². The number of hydrogen-bond donors (Lipinski definition) is 0. The van der Waals surface area contributed by atoms with Crippen LogP contribution in [0.5, 0.6) is 0 Å². The van der Waals surface area contributed by atoms with Crippen LogP contribution < -0.4 is 0 Å². The van der Waals surface area contributed by atoms with Gasteiger partial charge in [0, 0.05) is 2.85 Å². The van der Waals surface area contributed by atoms with E-state index < -0.39 is 0 Å². The molecule has 2 aliphatic carbocycles. The zero-order valence-electron chi connectivity index (χ0n) is 17.6. The standard InChI is InChI=1S/C24H34.C2H6.2H2/c1-3-5-19-7-11-21(12-8-19)23-15-17-24(18-16-23)22-13-9-20(6-4-2)10-14-22;1-2;;/h3-6,15-22H,7-14H2,1-2H3;1-2H3;2*1H/b5-3+,6-4+;;;. The van der Waals surface area contributed by atoms with Crippen molar-refractivity contribution in [3.8, 4) is 0 Å². The molecule has 0 N–H and O–H groups in total. The summed E-state index contributed by atoms with van der Waals surface area (Å²) in [4.78, 5) is 0. The number of allylic oxidation sites excluding steroid dienone is 4. The minimum absolute atomic E-state index is 0. The lowest BCUT2D eigenvalue weighted by Gasteiger charge is -2.29. The molecule has 0 nitrogen and oxygen atoms in total. The maximum atomic E-state index is 2.44. The van der Waals surface area contributed by atoms with E-state index in [4.69, 9.17) is 0 Å². The van der Waals surface area contributed by atoms with Gasteiger partial charge in [-0.2, -0.15) is 0 Å². The SMILES string of the molecule is C/C=C/C1CCC(c2ccc(C3CCC(/C=C/C)CC3)cc2)CC1.CC.[HH].[HH]. The molecule has 26 heavy (non-hydrogen) atoms. The first-order valence-corrected chi connectivity index (χ1v) is 11.2. The molecule has 0 aliphatic heterocycles. The normalized spacial score (nSPS) is 29.5. The van der Waals surface area contributed by atoms with Gasteiger partial charge in [-0.05, 0) is 100 Å². The largest absolute Gasteiger partial charge is 0.0914 e. The van der Waals surface area contributed by atoms with E-state index in [1.807, 2.05) is 13.8 Å². The number of benzene rings is 1. The Morgan fingerprint density at radius 3 is 1.19 bits per heavy atom. The van der Waals surface area contributed by atoms with Crippen LogP contribution in [0.25, 0.3) is 0 Å². The van der Waals surface area contributed by atoms with Gasteiger partial charge in [0.15, 0.2) is 0 Å². The molecule has 3 rings (SSSR count). The zero-order chi connectivity index (χ0) is 18.8. The van der Waals surface area contributed by atoms with Crippen LogP contribution in [-0.2, 0) is 0 Å². The Bertz CT molecular complexity index is 491. The molecule has 148 valence electrons. The van der Waals surface area contributed by atoms with Gasteiger partial charge in [-0.25, -0.2) is 0 Å². The third kappa shape index (κ3) is 5.86. The summed E-state index contributed by atoms with van der Waals surface area (Å²) in [5, 5.41) is 0. The van der Waals surface area contributed by atoms with E-state index in [1.165, 1.54) is 51.4 Å². The van der Waals surface area contributed by atoms with Crippen LogP contribution in [0.3, 0.4) is 0 Å². The third-order valence-corrected chi connectivity index (χ3v) is 6.35. The minimum atomic E-state index is 0. The molecule has 1 aromatic carbocycles. The van der Waals surface area contributed by atoms with Crippen molar-refractivity contribution in [1.82, 2.24) is 0 Å². The van der Waals surface area contributed by atoms with Gasteiger partial charge < -0.3 is 0 Å². The van der Waals surface area contributed by atoms with Crippen molar-refractivity contribution in [2.75, 3.05) is 0 Å². The van der Waals surface area contributed by atoms with E-state index >= 15 is 0 Å². The van der Waals surface area contributed by atoms with E-state index in [9.17, 15) is 0 Å². The highest BCUT2D eigenvalue weighted by atomic mass is 14.3. The first kappa shape index (κ1) is 21.0. The number of rotatable bonds is 4. The first-order valence-electron chi connectivity index (χ1n) is 11.2. The highest BCUT2D eigenvalue weighted by Gasteiger charge is 2.23. The van der Waals surface area contributed by atoms with Crippen LogP contribution in [-0.4, -0.2) is 0 Å². The topological polar surface area (TPSA) is 0 Å². The fourth-order valence-electron chi connectivity index (χ4n) is 4.87. The van der Waals surface area contributed by atoms with Gasteiger partial charge in [-0.15, -0.1) is 0 Å². The second kappa shape index (κ2) is 11.4. The Kier molecular flexibility index (Phi) is 9.23. The minimum Gasteiger partial charge on any atom is -0.0914 e.